The Hall–Kier alpha value is -4.53. The van der Waals surface area contributed by atoms with Gasteiger partial charge in [0.25, 0.3) is 0 Å². The van der Waals surface area contributed by atoms with Crippen LogP contribution < -0.4 is 5.32 Å². The van der Waals surface area contributed by atoms with Crippen molar-refractivity contribution < 1.29 is 9.18 Å². The van der Waals surface area contributed by atoms with Crippen LogP contribution in [-0.4, -0.2) is 55.6 Å². The summed E-state index contributed by atoms with van der Waals surface area (Å²) in [7, 11) is 1.65. The summed E-state index contributed by atoms with van der Waals surface area (Å²) < 4.78 is 15.6. The normalized spacial score (nSPS) is 13.8. The molecule has 0 saturated heterocycles. The molecule has 6 heterocycles. The van der Waals surface area contributed by atoms with Gasteiger partial charge in [-0.3, -0.25) is 4.98 Å². The SMILES string of the molecule is CNC(=O)N1CC=C(c2cc3c(-c4ccc5ccn(Cc6cncc(F)c6)c5n4)ccnc3[nH]2)CC1. The quantitative estimate of drug-likeness (QED) is 0.393. The zero-order chi connectivity index (χ0) is 24.6. The molecule has 0 bridgehead atoms. The molecule has 0 saturated carbocycles. The molecule has 9 heteroatoms. The molecule has 0 aromatic carbocycles. The fraction of sp³-hybridized carbons (Fsp3) is 0.185. The number of rotatable bonds is 4. The monoisotopic (exact) mass is 481 g/mol. The van der Waals surface area contributed by atoms with E-state index >= 15 is 0 Å². The number of amides is 2. The van der Waals surface area contributed by atoms with Crippen LogP contribution in [0.2, 0.25) is 0 Å². The Bertz CT molecular complexity index is 1630. The zero-order valence-corrected chi connectivity index (χ0v) is 19.7. The number of pyridine rings is 3. The summed E-state index contributed by atoms with van der Waals surface area (Å²) >= 11 is 0. The van der Waals surface area contributed by atoms with Gasteiger partial charge in [0, 0.05) is 60.8 Å². The summed E-state index contributed by atoms with van der Waals surface area (Å²) in [6.45, 7) is 1.71. The van der Waals surface area contributed by atoms with E-state index in [1.165, 1.54) is 17.8 Å². The fourth-order valence-electron chi connectivity index (χ4n) is 4.76. The van der Waals surface area contributed by atoms with Crippen molar-refractivity contribution in [2.75, 3.05) is 20.1 Å². The van der Waals surface area contributed by atoms with Crippen molar-refractivity contribution in [3.05, 3.63) is 84.3 Å². The molecule has 2 N–H and O–H groups in total. The Labute approximate surface area is 206 Å². The van der Waals surface area contributed by atoms with E-state index in [4.69, 9.17) is 4.98 Å². The number of hydrogen-bond acceptors (Lipinski definition) is 4. The molecular formula is C27H24FN7O. The van der Waals surface area contributed by atoms with Crippen LogP contribution in [0.25, 0.3) is 38.9 Å². The van der Waals surface area contributed by atoms with Gasteiger partial charge in [0.05, 0.1) is 18.4 Å². The Morgan fingerprint density at radius 2 is 2.11 bits per heavy atom. The molecule has 1 aliphatic heterocycles. The van der Waals surface area contributed by atoms with E-state index in [0.29, 0.717) is 19.6 Å². The molecule has 5 aromatic rings. The number of aromatic nitrogens is 5. The molecular weight excluding hydrogens is 457 g/mol. The fourth-order valence-corrected chi connectivity index (χ4v) is 4.76. The summed E-state index contributed by atoms with van der Waals surface area (Å²) in [5.74, 6) is -0.352. The summed E-state index contributed by atoms with van der Waals surface area (Å²) in [5, 5.41) is 4.68. The smallest absolute Gasteiger partial charge is 0.317 e. The van der Waals surface area contributed by atoms with Crippen molar-refractivity contribution >= 4 is 33.7 Å². The molecule has 0 radical (unpaired) electrons. The van der Waals surface area contributed by atoms with E-state index in [0.717, 1.165) is 51.0 Å². The summed E-state index contributed by atoms with van der Waals surface area (Å²) in [6, 6.07) is 11.6. The standard InChI is InChI=1S/C27H24FN7O/c1-29-27(36)34-9-5-18(6-10-34)24-13-22-21(4-8-31-25(22)32-24)23-3-2-19-7-11-35(26(19)33-23)16-17-12-20(28)15-30-14-17/h2-5,7-8,11-15H,6,9-10,16H2,1H3,(H,29,36)(H,31,32). The number of aromatic amines is 1. The van der Waals surface area contributed by atoms with Crippen LogP contribution in [0.1, 0.15) is 17.7 Å². The number of H-pyrrole nitrogens is 1. The van der Waals surface area contributed by atoms with E-state index in [2.05, 4.69) is 38.5 Å². The van der Waals surface area contributed by atoms with Gasteiger partial charge in [-0.25, -0.2) is 19.2 Å². The number of carbonyl (C=O) groups excluding carboxylic acids is 1. The highest BCUT2D eigenvalue weighted by molar-refractivity contribution is 5.95. The molecule has 180 valence electrons. The van der Waals surface area contributed by atoms with E-state index in [1.807, 2.05) is 29.0 Å². The number of carbonyl (C=O) groups is 1. The Balaban J connectivity index is 1.35. The minimum atomic E-state index is -0.352. The summed E-state index contributed by atoms with van der Waals surface area (Å²) in [6.07, 6.45) is 9.46. The number of nitrogens with one attached hydrogen (secondary N) is 2. The van der Waals surface area contributed by atoms with Crippen LogP contribution in [0, 0.1) is 5.82 Å². The van der Waals surface area contributed by atoms with Crippen molar-refractivity contribution in [1.82, 2.24) is 34.7 Å². The van der Waals surface area contributed by atoms with Crippen LogP contribution >= 0.6 is 0 Å². The molecule has 0 spiro atoms. The average molecular weight is 482 g/mol. The van der Waals surface area contributed by atoms with E-state index in [1.54, 1.807) is 24.3 Å². The predicted octanol–water partition coefficient (Wildman–Crippen LogP) is 4.59. The molecule has 8 nitrogen and oxygen atoms in total. The maximum Gasteiger partial charge on any atom is 0.317 e. The number of nitrogens with zero attached hydrogens (tertiary/aromatic N) is 5. The van der Waals surface area contributed by atoms with Crippen molar-refractivity contribution in [3.63, 3.8) is 0 Å². The number of urea groups is 1. The number of fused-ring (bicyclic) bond motifs is 2. The van der Waals surface area contributed by atoms with E-state index in [9.17, 15) is 9.18 Å². The van der Waals surface area contributed by atoms with Gasteiger partial charge in [-0.1, -0.05) is 6.08 Å². The third kappa shape index (κ3) is 3.98. The van der Waals surface area contributed by atoms with Crippen LogP contribution in [-0.2, 0) is 6.54 Å². The van der Waals surface area contributed by atoms with Gasteiger partial charge >= 0.3 is 6.03 Å². The first kappa shape index (κ1) is 22.0. The Morgan fingerprint density at radius 3 is 2.92 bits per heavy atom. The minimum Gasteiger partial charge on any atom is -0.341 e. The first-order valence-corrected chi connectivity index (χ1v) is 11.8. The molecule has 0 fully saturated rings. The lowest BCUT2D eigenvalue weighted by Crippen LogP contribution is -2.40. The Kier molecular flexibility index (Phi) is 5.44. The molecule has 5 aromatic heterocycles. The molecule has 1 aliphatic rings. The lowest BCUT2D eigenvalue weighted by Gasteiger charge is -2.25. The van der Waals surface area contributed by atoms with Crippen LogP contribution in [0.3, 0.4) is 0 Å². The molecule has 0 unspecified atom stereocenters. The molecule has 0 atom stereocenters. The average Bonchev–Trinajstić information content (AvgIpc) is 3.52. The maximum atomic E-state index is 13.6. The van der Waals surface area contributed by atoms with Gasteiger partial charge in [-0.15, -0.1) is 0 Å². The predicted molar refractivity (Wildman–Crippen MR) is 137 cm³/mol. The van der Waals surface area contributed by atoms with Gasteiger partial charge in [-0.05, 0) is 54.0 Å². The van der Waals surface area contributed by atoms with Crippen LogP contribution in [0.5, 0.6) is 0 Å². The Morgan fingerprint density at radius 1 is 1.19 bits per heavy atom. The van der Waals surface area contributed by atoms with Crippen LogP contribution in [0.4, 0.5) is 9.18 Å². The second kappa shape index (κ2) is 8.92. The van der Waals surface area contributed by atoms with Crippen molar-refractivity contribution in [2.45, 2.75) is 13.0 Å². The van der Waals surface area contributed by atoms with Crippen molar-refractivity contribution in [1.29, 1.82) is 0 Å². The first-order chi connectivity index (χ1) is 17.6. The second-order valence-corrected chi connectivity index (χ2v) is 8.85. The van der Waals surface area contributed by atoms with E-state index in [-0.39, 0.29) is 11.8 Å². The summed E-state index contributed by atoms with van der Waals surface area (Å²) in [5.41, 5.74) is 6.37. The highest BCUT2D eigenvalue weighted by Gasteiger charge is 2.19. The van der Waals surface area contributed by atoms with Crippen LogP contribution in [0.15, 0.2) is 67.3 Å². The highest BCUT2D eigenvalue weighted by Crippen LogP contribution is 2.32. The van der Waals surface area contributed by atoms with Gasteiger partial charge in [0.2, 0.25) is 0 Å². The summed E-state index contributed by atoms with van der Waals surface area (Å²) in [4.78, 5) is 30.6. The molecule has 36 heavy (non-hydrogen) atoms. The van der Waals surface area contributed by atoms with Gasteiger partial charge in [-0.2, -0.15) is 0 Å². The third-order valence-electron chi connectivity index (χ3n) is 6.59. The minimum absolute atomic E-state index is 0.0641. The maximum absolute atomic E-state index is 13.6. The van der Waals surface area contributed by atoms with Crippen molar-refractivity contribution in [2.24, 2.45) is 0 Å². The number of halogens is 1. The molecule has 2 amide bonds. The largest absolute Gasteiger partial charge is 0.341 e. The number of hydrogen-bond donors (Lipinski definition) is 2. The zero-order valence-electron chi connectivity index (χ0n) is 19.7. The van der Waals surface area contributed by atoms with Gasteiger partial charge in [0.15, 0.2) is 0 Å². The molecule has 0 aliphatic carbocycles. The van der Waals surface area contributed by atoms with Gasteiger partial charge in [0.1, 0.15) is 17.1 Å². The van der Waals surface area contributed by atoms with Gasteiger partial charge < -0.3 is 19.8 Å². The lowest BCUT2D eigenvalue weighted by atomic mass is 10.0. The van der Waals surface area contributed by atoms with Crippen molar-refractivity contribution in [3.8, 4) is 11.3 Å². The first-order valence-electron chi connectivity index (χ1n) is 11.8. The second-order valence-electron chi connectivity index (χ2n) is 8.85. The third-order valence-corrected chi connectivity index (χ3v) is 6.59. The topological polar surface area (TPSA) is 91.7 Å². The molecule has 6 rings (SSSR count). The van der Waals surface area contributed by atoms with E-state index < -0.39 is 0 Å². The highest BCUT2D eigenvalue weighted by atomic mass is 19.1. The lowest BCUT2D eigenvalue weighted by molar-refractivity contribution is 0.205.